The lowest BCUT2D eigenvalue weighted by molar-refractivity contribution is -0.126. The number of hydrogen-bond donors (Lipinski definition) is 2. The van der Waals surface area contributed by atoms with Gasteiger partial charge in [0.2, 0.25) is 5.91 Å². The Morgan fingerprint density at radius 1 is 1.77 bits per heavy atom. The Balaban J connectivity index is 2.38. The lowest BCUT2D eigenvalue weighted by Crippen LogP contribution is -2.41. The fourth-order valence-electron chi connectivity index (χ4n) is 1.28. The summed E-state index contributed by atoms with van der Waals surface area (Å²) in [5.41, 5.74) is 5.26. The number of nitrogens with two attached hydrogens (primary N) is 1. The summed E-state index contributed by atoms with van der Waals surface area (Å²) >= 11 is 0. The fraction of sp³-hybridized carbons (Fsp3) is 0.700. The standard InChI is InChI=1S/C10H16N2O/c1-3-4-8(2)12-9(13)10(7-11)5-6-10/h1,8H,4-7,11H2,2H3,(H,12,13). The first kappa shape index (κ1) is 10.1. The average Bonchev–Trinajstić information content (AvgIpc) is 2.84. The molecule has 1 unspecified atom stereocenters. The van der Waals surface area contributed by atoms with E-state index in [1.807, 2.05) is 6.92 Å². The number of amides is 1. The summed E-state index contributed by atoms with van der Waals surface area (Å²) in [6.45, 7) is 2.35. The van der Waals surface area contributed by atoms with Crippen LogP contribution in [0.5, 0.6) is 0 Å². The van der Waals surface area contributed by atoms with Crippen LogP contribution in [0.15, 0.2) is 0 Å². The summed E-state index contributed by atoms with van der Waals surface area (Å²) in [5.74, 6) is 2.58. The predicted molar refractivity (Wildman–Crippen MR) is 51.8 cm³/mol. The molecule has 1 rings (SSSR count). The highest BCUT2D eigenvalue weighted by Crippen LogP contribution is 2.44. The molecule has 13 heavy (non-hydrogen) atoms. The summed E-state index contributed by atoms with van der Waals surface area (Å²) in [6.07, 6.45) is 7.54. The maximum absolute atomic E-state index is 11.6. The number of hydrogen-bond acceptors (Lipinski definition) is 2. The summed E-state index contributed by atoms with van der Waals surface area (Å²) in [7, 11) is 0. The first-order chi connectivity index (χ1) is 6.14. The van der Waals surface area contributed by atoms with Gasteiger partial charge >= 0.3 is 0 Å². The molecule has 1 aliphatic rings. The normalized spacial score (nSPS) is 20.1. The maximum atomic E-state index is 11.6. The van der Waals surface area contributed by atoms with Gasteiger partial charge in [0.05, 0.1) is 5.41 Å². The van der Waals surface area contributed by atoms with Crippen LogP contribution < -0.4 is 11.1 Å². The van der Waals surface area contributed by atoms with Gasteiger partial charge in [-0.1, -0.05) is 0 Å². The van der Waals surface area contributed by atoms with E-state index in [9.17, 15) is 4.79 Å². The highest BCUT2D eigenvalue weighted by molar-refractivity contribution is 5.85. The molecule has 0 spiro atoms. The van der Waals surface area contributed by atoms with Crippen molar-refractivity contribution in [2.75, 3.05) is 6.54 Å². The van der Waals surface area contributed by atoms with Crippen LogP contribution in [0.25, 0.3) is 0 Å². The van der Waals surface area contributed by atoms with Crippen LogP contribution >= 0.6 is 0 Å². The molecule has 0 aromatic heterocycles. The first-order valence-electron chi connectivity index (χ1n) is 4.59. The van der Waals surface area contributed by atoms with Gasteiger partial charge in [0.15, 0.2) is 0 Å². The van der Waals surface area contributed by atoms with Crippen LogP contribution in [0.4, 0.5) is 0 Å². The molecule has 72 valence electrons. The van der Waals surface area contributed by atoms with Crippen LogP contribution in [0, 0.1) is 17.8 Å². The van der Waals surface area contributed by atoms with Crippen LogP contribution in [-0.4, -0.2) is 18.5 Å². The van der Waals surface area contributed by atoms with Gasteiger partial charge in [-0.25, -0.2) is 0 Å². The van der Waals surface area contributed by atoms with Gasteiger partial charge in [0, 0.05) is 19.0 Å². The number of carbonyl (C=O) groups is 1. The molecule has 1 aliphatic carbocycles. The van der Waals surface area contributed by atoms with Crippen molar-refractivity contribution in [3.63, 3.8) is 0 Å². The van der Waals surface area contributed by atoms with Crippen molar-refractivity contribution < 1.29 is 4.79 Å². The zero-order valence-corrected chi connectivity index (χ0v) is 7.97. The van der Waals surface area contributed by atoms with E-state index in [0.29, 0.717) is 13.0 Å². The van der Waals surface area contributed by atoms with Gasteiger partial charge in [-0.2, -0.15) is 0 Å². The van der Waals surface area contributed by atoms with Crippen molar-refractivity contribution in [2.45, 2.75) is 32.2 Å². The molecule has 0 aromatic carbocycles. The molecular weight excluding hydrogens is 164 g/mol. The molecule has 0 radical (unpaired) electrons. The second-order valence-electron chi connectivity index (χ2n) is 3.77. The Morgan fingerprint density at radius 2 is 2.38 bits per heavy atom. The zero-order chi connectivity index (χ0) is 9.90. The summed E-state index contributed by atoms with van der Waals surface area (Å²) in [6, 6.07) is 0.0570. The minimum Gasteiger partial charge on any atom is -0.352 e. The number of rotatable bonds is 4. The van der Waals surface area contributed by atoms with Crippen molar-refractivity contribution in [1.29, 1.82) is 0 Å². The molecule has 3 nitrogen and oxygen atoms in total. The highest BCUT2D eigenvalue weighted by atomic mass is 16.2. The van der Waals surface area contributed by atoms with Crippen molar-refractivity contribution in [2.24, 2.45) is 11.1 Å². The monoisotopic (exact) mass is 180 g/mol. The number of carbonyl (C=O) groups excluding carboxylic acids is 1. The third kappa shape index (κ3) is 2.22. The smallest absolute Gasteiger partial charge is 0.227 e. The van der Waals surface area contributed by atoms with Gasteiger partial charge in [-0.05, 0) is 19.8 Å². The third-order valence-corrected chi connectivity index (χ3v) is 2.53. The van der Waals surface area contributed by atoms with E-state index in [4.69, 9.17) is 12.2 Å². The Hall–Kier alpha value is -1.01. The van der Waals surface area contributed by atoms with E-state index in [1.54, 1.807) is 0 Å². The Labute approximate surface area is 79.1 Å². The van der Waals surface area contributed by atoms with Crippen molar-refractivity contribution in [3.05, 3.63) is 0 Å². The minimum absolute atomic E-state index is 0.0570. The molecule has 1 atom stereocenters. The molecule has 1 amide bonds. The van der Waals surface area contributed by atoms with Crippen LogP contribution in [-0.2, 0) is 4.79 Å². The van der Waals surface area contributed by atoms with Crippen molar-refractivity contribution in [3.8, 4) is 12.3 Å². The molecule has 0 bridgehead atoms. The van der Waals surface area contributed by atoms with Crippen molar-refractivity contribution >= 4 is 5.91 Å². The number of terminal acetylenes is 1. The SMILES string of the molecule is C#CCC(C)NC(=O)C1(CN)CC1. The molecule has 3 N–H and O–H groups in total. The minimum atomic E-state index is -0.261. The maximum Gasteiger partial charge on any atom is 0.227 e. The molecule has 0 heterocycles. The van der Waals surface area contributed by atoms with Gasteiger partial charge in [0.1, 0.15) is 0 Å². The number of nitrogens with one attached hydrogen (secondary N) is 1. The van der Waals surface area contributed by atoms with Gasteiger partial charge < -0.3 is 11.1 Å². The molecule has 0 aromatic rings. The summed E-state index contributed by atoms with van der Waals surface area (Å²) in [4.78, 5) is 11.6. The van der Waals surface area contributed by atoms with Crippen LogP contribution in [0.3, 0.4) is 0 Å². The molecule has 1 saturated carbocycles. The predicted octanol–water partition coefficient (Wildman–Crippen LogP) is 0.253. The lowest BCUT2D eigenvalue weighted by Gasteiger charge is -2.16. The topological polar surface area (TPSA) is 55.1 Å². The van der Waals surface area contributed by atoms with E-state index in [2.05, 4.69) is 11.2 Å². The average molecular weight is 180 g/mol. The van der Waals surface area contributed by atoms with Gasteiger partial charge in [-0.15, -0.1) is 12.3 Å². The molecule has 0 saturated heterocycles. The van der Waals surface area contributed by atoms with Crippen LogP contribution in [0.2, 0.25) is 0 Å². The molecular formula is C10H16N2O. The van der Waals surface area contributed by atoms with Crippen LogP contribution in [0.1, 0.15) is 26.2 Å². The van der Waals surface area contributed by atoms with Gasteiger partial charge in [-0.3, -0.25) is 4.79 Å². The highest BCUT2D eigenvalue weighted by Gasteiger charge is 2.48. The quantitative estimate of drug-likeness (QED) is 0.609. The summed E-state index contributed by atoms with van der Waals surface area (Å²) < 4.78 is 0. The second-order valence-corrected chi connectivity index (χ2v) is 3.77. The zero-order valence-electron chi connectivity index (χ0n) is 7.97. The van der Waals surface area contributed by atoms with Crippen molar-refractivity contribution in [1.82, 2.24) is 5.32 Å². The van der Waals surface area contributed by atoms with Gasteiger partial charge in [0.25, 0.3) is 0 Å². The van der Waals surface area contributed by atoms with E-state index >= 15 is 0 Å². The Morgan fingerprint density at radius 3 is 2.77 bits per heavy atom. The Bertz CT molecular complexity index is 238. The largest absolute Gasteiger partial charge is 0.352 e. The molecule has 1 fully saturated rings. The lowest BCUT2D eigenvalue weighted by atomic mass is 10.1. The first-order valence-corrected chi connectivity index (χ1v) is 4.59. The van der Waals surface area contributed by atoms with E-state index in [1.165, 1.54) is 0 Å². The third-order valence-electron chi connectivity index (χ3n) is 2.53. The Kier molecular flexibility index (Phi) is 2.94. The molecule has 0 aliphatic heterocycles. The summed E-state index contributed by atoms with van der Waals surface area (Å²) in [5, 5.41) is 2.87. The second kappa shape index (κ2) is 3.80. The van der Waals surface area contributed by atoms with E-state index < -0.39 is 0 Å². The molecule has 3 heteroatoms. The van der Waals surface area contributed by atoms with E-state index in [-0.39, 0.29) is 17.4 Å². The van der Waals surface area contributed by atoms with E-state index in [0.717, 1.165) is 12.8 Å². The fourth-order valence-corrected chi connectivity index (χ4v) is 1.28.